The second kappa shape index (κ2) is 8.41. The average molecular weight is 405 g/mol. The number of carbonyl (C=O) groups is 3. The maximum absolute atomic E-state index is 13.0. The van der Waals surface area contributed by atoms with E-state index in [2.05, 4.69) is 10.2 Å². The van der Waals surface area contributed by atoms with Gasteiger partial charge >= 0.3 is 6.03 Å². The number of barbiturate groups is 1. The number of hydrogen-bond donors (Lipinski definition) is 1. The maximum atomic E-state index is 13.0. The van der Waals surface area contributed by atoms with Gasteiger partial charge in [0.25, 0.3) is 11.8 Å². The molecule has 1 N–H and O–H groups in total. The van der Waals surface area contributed by atoms with E-state index in [1.54, 1.807) is 24.3 Å². The lowest BCUT2D eigenvalue weighted by Crippen LogP contribution is -2.54. The SMILES string of the molecule is CCOc1cccc(N2C(=O)NC(=O)/C(=C\c3ccc(N4CCCC4)cc3)C2=O)c1. The Bertz CT molecular complexity index is 1010. The van der Waals surface area contributed by atoms with Crippen molar-refractivity contribution in [3.05, 3.63) is 59.7 Å². The minimum Gasteiger partial charge on any atom is -0.494 e. The van der Waals surface area contributed by atoms with E-state index in [4.69, 9.17) is 4.74 Å². The number of ether oxygens (including phenoxy) is 1. The molecule has 2 fully saturated rings. The van der Waals surface area contributed by atoms with Crippen LogP contribution in [0, 0.1) is 0 Å². The van der Waals surface area contributed by atoms with E-state index in [1.165, 1.54) is 18.9 Å². The third-order valence-electron chi connectivity index (χ3n) is 5.16. The normalized spacial score (nSPS) is 18.2. The molecule has 0 bridgehead atoms. The zero-order chi connectivity index (χ0) is 21.1. The van der Waals surface area contributed by atoms with Crippen molar-refractivity contribution < 1.29 is 19.1 Å². The predicted molar refractivity (Wildman–Crippen MR) is 115 cm³/mol. The monoisotopic (exact) mass is 405 g/mol. The van der Waals surface area contributed by atoms with E-state index in [0.29, 0.717) is 23.6 Å². The van der Waals surface area contributed by atoms with Gasteiger partial charge in [0.2, 0.25) is 0 Å². The molecule has 154 valence electrons. The summed E-state index contributed by atoms with van der Waals surface area (Å²) in [5.74, 6) is -0.831. The average Bonchev–Trinajstić information content (AvgIpc) is 3.27. The number of hydrogen-bond acceptors (Lipinski definition) is 5. The molecule has 2 aromatic rings. The van der Waals surface area contributed by atoms with Gasteiger partial charge in [-0.25, -0.2) is 9.69 Å². The van der Waals surface area contributed by atoms with Crippen LogP contribution in [0.3, 0.4) is 0 Å². The van der Waals surface area contributed by atoms with E-state index >= 15 is 0 Å². The smallest absolute Gasteiger partial charge is 0.335 e. The summed E-state index contributed by atoms with van der Waals surface area (Å²) >= 11 is 0. The molecule has 4 amide bonds. The number of amides is 4. The molecule has 0 radical (unpaired) electrons. The Kier molecular flexibility index (Phi) is 5.52. The number of urea groups is 1. The van der Waals surface area contributed by atoms with Crippen molar-refractivity contribution in [1.29, 1.82) is 0 Å². The molecule has 7 heteroatoms. The van der Waals surface area contributed by atoms with E-state index < -0.39 is 17.8 Å². The quantitative estimate of drug-likeness (QED) is 0.610. The van der Waals surface area contributed by atoms with E-state index in [0.717, 1.165) is 23.7 Å². The fraction of sp³-hybridized carbons (Fsp3) is 0.261. The van der Waals surface area contributed by atoms with Crippen LogP contribution in [-0.4, -0.2) is 37.5 Å². The van der Waals surface area contributed by atoms with Crippen LogP contribution in [0.4, 0.5) is 16.2 Å². The van der Waals surface area contributed by atoms with Crippen LogP contribution in [-0.2, 0) is 9.59 Å². The van der Waals surface area contributed by atoms with Crippen LogP contribution in [0.15, 0.2) is 54.1 Å². The third-order valence-corrected chi connectivity index (χ3v) is 5.16. The van der Waals surface area contributed by atoms with Gasteiger partial charge in [-0.3, -0.25) is 14.9 Å². The van der Waals surface area contributed by atoms with Crippen molar-refractivity contribution in [2.45, 2.75) is 19.8 Å². The predicted octanol–water partition coefficient (Wildman–Crippen LogP) is 3.35. The Hall–Kier alpha value is -3.61. The van der Waals surface area contributed by atoms with Crippen molar-refractivity contribution in [2.75, 3.05) is 29.5 Å². The van der Waals surface area contributed by atoms with E-state index in [9.17, 15) is 14.4 Å². The highest BCUT2D eigenvalue weighted by Gasteiger charge is 2.36. The number of rotatable bonds is 5. The molecule has 30 heavy (non-hydrogen) atoms. The minimum absolute atomic E-state index is 0.0923. The first kappa shape index (κ1) is 19.7. The van der Waals surface area contributed by atoms with Crippen molar-refractivity contribution in [3.63, 3.8) is 0 Å². The first-order chi connectivity index (χ1) is 14.6. The summed E-state index contributed by atoms with van der Waals surface area (Å²) in [5.41, 5.74) is 2.09. The molecular formula is C23H23N3O4. The molecule has 2 saturated heterocycles. The highest BCUT2D eigenvalue weighted by atomic mass is 16.5. The van der Waals surface area contributed by atoms with E-state index in [1.807, 2.05) is 31.2 Å². The van der Waals surface area contributed by atoms with Crippen LogP contribution in [0.5, 0.6) is 5.75 Å². The largest absolute Gasteiger partial charge is 0.494 e. The second-order valence-corrected chi connectivity index (χ2v) is 7.17. The van der Waals surface area contributed by atoms with Crippen LogP contribution in [0.1, 0.15) is 25.3 Å². The molecule has 4 rings (SSSR count). The number of anilines is 2. The van der Waals surface area contributed by atoms with Crippen molar-refractivity contribution in [2.24, 2.45) is 0 Å². The van der Waals surface area contributed by atoms with Gasteiger partial charge in [-0.15, -0.1) is 0 Å². The highest BCUT2D eigenvalue weighted by molar-refractivity contribution is 6.39. The Balaban J connectivity index is 1.61. The van der Waals surface area contributed by atoms with Gasteiger partial charge in [0.05, 0.1) is 12.3 Å². The Morgan fingerprint density at radius 1 is 1.00 bits per heavy atom. The minimum atomic E-state index is -0.778. The van der Waals surface area contributed by atoms with Crippen LogP contribution in [0.2, 0.25) is 0 Å². The molecule has 0 spiro atoms. The van der Waals surface area contributed by atoms with Gasteiger partial charge in [0, 0.05) is 24.8 Å². The van der Waals surface area contributed by atoms with Gasteiger partial charge in [0.1, 0.15) is 11.3 Å². The zero-order valence-electron chi connectivity index (χ0n) is 16.8. The number of nitrogens with one attached hydrogen (secondary N) is 1. The standard InChI is InChI=1S/C23H23N3O4/c1-2-30-19-7-5-6-18(15-19)26-22(28)20(21(27)24-23(26)29)14-16-8-10-17(11-9-16)25-12-3-4-13-25/h5-11,14-15H,2-4,12-13H2,1H3,(H,24,27,29)/b20-14+. The zero-order valence-corrected chi connectivity index (χ0v) is 16.8. The lowest BCUT2D eigenvalue weighted by molar-refractivity contribution is -0.122. The molecule has 0 aromatic heterocycles. The summed E-state index contributed by atoms with van der Waals surface area (Å²) in [5, 5.41) is 2.25. The summed E-state index contributed by atoms with van der Waals surface area (Å²) in [4.78, 5) is 41.0. The Morgan fingerprint density at radius 3 is 2.43 bits per heavy atom. The highest BCUT2D eigenvalue weighted by Crippen LogP contribution is 2.26. The lowest BCUT2D eigenvalue weighted by atomic mass is 10.1. The maximum Gasteiger partial charge on any atom is 0.335 e. The van der Waals surface area contributed by atoms with E-state index in [-0.39, 0.29) is 5.57 Å². The summed E-state index contributed by atoms with van der Waals surface area (Å²) in [6.07, 6.45) is 3.89. The second-order valence-electron chi connectivity index (χ2n) is 7.17. The third kappa shape index (κ3) is 3.91. The van der Waals surface area contributed by atoms with Gasteiger partial charge in [0.15, 0.2) is 0 Å². The number of nitrogens with zero attached hydrogens (tertiary/aromatic N) is 2. The van der Waals surface area contributed by atoms with Crippen LogP contribution >= 0.6 is 0 Å². The molecule has 7 nitrogen and oxygen atoms in total. The van der Waals surface area contributed by atoms with Crippen molar-refractivity contribution in [1.82, 2.24) is 5.32 Å². The number of carbonyl (C=O) groups excluding carboxylic acids is 3. The molecule has 0 saturated carbocycles. The summed E-state index contributed by atoms with van der Waals surface area (Å²) in [6.45, 7) is 4.39. The fourth-order valence-electron chi connectivity index (χ4n) is 3.69. The van der Waals surface area contributed by atoms with Crippen LogP contribution < -0.4 is 19.9 Å². The molecule has 0 aliphatic carbocycles. The van der Waals surface area contributed by atoms with Gasteiger partial charge in [-0.2, -0.15) is 0 Å². The molecule has 2 aliphatic heterocycles. The lowest BCUT2D eigenvalue weighted by Gasteiger charge is -2.26. The molecule has 2 heterocycles. The fourth-order valence-corrected chi connectivity index (χ4v) is 3.69. The summed E-state index contributed by atoms with van der Waals surface area (Å²) < 4.78 is 5.45. The first-order valence-electron chi connectivity index (χ1n) is 10.1. The Labute approximate surface area is 174 Å². The summed E-state index contributed by atoms with van der Waals surface area (Å²) in [6, 6.07) is 13.6. The molecule has 2 aliphatic rings. The molecule has 0 unspecified atom stereocenters. The Morgan fingerprint density at radius 2 is 1.73 bits per heavy atom. The topological polar surface area (TPSA) is 79.0 Å². The van der Waals surface area contributed by atoms with Gasteiger partial charge in [-0.1, -0.05) is 18.2 Å². The summed E-state index contributed by atoms with van der Waals surface area (Å²) in [7, 11) is 0. The van der Waals surface area contributed by atoms with Crippen molar-refractivity contribution in [3.8, 4) is 5.75 Å². The van der Waals surface area contributed by atoms with Gasteiger partial charge in [-0.05, 0) is 55.7 Å². The molecular weight excluding hydrogens is 382 g/mol. The number of benzene rings is 2. The van der Waals surface area contributed by atoms with Crippen LogP contribution in [0.25, 0.3) is 6.08 Å². The molecule has 0 atom stereocenters. The van der Waals surface area contributed by atoms with Gasteiger partial charge < -0.3 is 9.64 Å². The number of imide groups is 2. The van der Waals surface area contributed by atoms with Crippen molar-refractivity contribution >= 4 is 35.3 Å². The first-order valence-corrected chi connectivity index (χ1v) is 10.1. The molecule has 2 aromatic carbocycles.